The van der Waals surface area contributed by atoms with Crippen molar-refractivity contribution in [2.24, 2.45) is 5.92 Å². The number of carbonyl (C=O) groups is 1. The van der Waals surface area contributed by atoms with Crippen LogP contribution in [0.5, 0.6) is 0 Å². The first-order valence-corrected chi connectivity index (χ1v) is 5.70. The molecule has 1 aromatic rings. The molecule has 0 saturated carbocycles. The monoisotopic (exact) mass is 254 g/mol. The first-order valence-electron chi connectivity index (χ1n) is 5.70. The smallest absolute Gasteiger partial charge is 0.306 e. The van der Waals surface area contributed by atoms with Crippen molar-refractivity contribution >= 4 is 17.3 Å². The number of benzene rings is 1. The van der Waals surface area contributed by atoms with E-state index in [0.717, 1.165) is 25.0 Å². The standard InChI is InChI=1S/C12H15FN2O3/c1-3-4-8(2)12(16)14-9-5-6-10(13)11(7-9)15(17)18/h5-8H,3-4H2,1-2H3,(H,14,16). The summed E-state index contributed by atoms with van der Waals surface area (Å²) in [5.74, 6) is -1.32. The van der Waals surface area contributed by atoms with Crippen molar-refractivity contribution < 1.29 is 14.1 Å². The van der Waals surface area contributed by atoms with Gasteiger partial charge in [0.25, 0.3) is 0 Å². The van der Waals surface area contributed by atoms with Gasteiger partial charge in [-0.25, -0.2) is 0 Å². The van der Waals surface area contributed by atoms with E-state index in [9.17, 15) is 19.3 Å². The molecule has 0 heterocycles. The minimum absolute atomic E-state index is 0.181. The van der Waals surface area contributed by atoms with Crippen LogP contribution >= 0.6 is 0 Å². The maximum atomic E-state index is 13.1. The highest BCUT2D eigenvalue weighted by Crippen LogP contribution is 2.22. The third-order valence-electron chi connectivity index (χ3n) is 2.58. The van der Waals surface area contributed by atoms with Crippen LogP contribution in [0.4, 0.5) is 15.8 Å². The molecular formula is C12H15FN2O3. The van der Waals surface area contributed by atoms with E-state index < -0.39 is 16.4 Å². The molecule has 1 atom stereocenters. The lowest BCUT2D eigenvalue weighted by atomic mass is 10.1. The van der Waals surface area contributed by atoms with E-state index in [1.807, 2.05) is 6.92 Å². The molecule has 0 radical (unpaired) electrons. The molecule has 6 heteroatoms. The molecule has 18 heavy (non-hydrogen) atoms. The summed E-state index contributed by atoms with van der Waals surface area (Å²) in [6.07, 6.45) is 1.60. The molecule has 0 spiro atoms. The van der Waals surface area contributed by atoms with Gasteiger partial charge < -0.3 is 5.32 Å². The van der Waals surface area contributed by atoms with Crippen LogP contribution in [-0.2, 0) is 4.79 Å². The number of anilines is 1. The highest BCUT2D eigenvalue weighted by Gasteiger charge is 2.17. The van der Waals surface area contributed by atoms with Gasteiger partial charge in [-0.3, -0.25) is 14.9 Å². The van der Waals surface area contributed by atoms with Crippen molar-refractivity contribution in [2.75, 3.05) is 5.32 Å². The minimum Gasteiger partial charge on any atom is -0.326 e. The number of nitro groups is 1. The summed E-state index contributed by atoms with van der Waals surface area (Å²) in [6.45, 7) is 3.74. The van der Waals surface area contributed by atoms with Crippen molar-refractivity contribution in [1.29, 1.82) is 0 Å². The number of halogens is 1. The van der Waals surface area contributed by atoms with Gasteiger partial charge in [0.05, 0.1) is 4.92 Å². The van der Waals surface area contributed by atoms with Gasteiger partial charge in [-0.05, 0) is 18.6 Å². The summed E-state index contributed by atoms with van der Waals surface area (Å²) in [4.78, 5) is 21.4. The number of nitrogens with one attached hydrogen (secondary N) is 1. The van der Waals surface area contributed by atoms with Crippen LogP contribution in [0.2, 0.25) is 0 Å². The van der Waals surface area contributed by atoms with Crippen LogP contribution in [0, 0.1) is 21.8 Å². The summed E-state index contributed by atoms with van der Waals surface area (Å²) in [5.41, 5.74) is -0.410. The van der Waals surface area contributed by atoms with E-state index in [2.05, 4.69) is 5.32 Å². The van der Waals surface area contributed by atoms with Crippen LogP contribution < -0.4 is 5.32 Å². The lowest BCUT2D eigenvalue weighted by Crippen LogP contribution is -2.20. The molecular weight excluding hydrogens is 239 g/mol. The number of carbonyl (C=O) groups excluding carboxylic acids is 1. The van der Waals surface area contributed by atoms with E-state index in [1.54, 1.807) is 6.92 Å². The summed E-state index contributed by atoms with van der Waals surface area (Å²) in [5, 5.41) is 13.1. The van der Waals surface area contributed by atoms with Crippen LogP contribution in [-0.4, -0.2) is 10.8 Å². The average molecular weight is 254 g/mol. The zero-order valence-electron chi connectivity index (χ0n) is 10.3. The van der Waals surface area contributed by atoms with Crippen molar-refractivity contribution in [2.45, 2.75) is 26.7 Å². The molecule has 1 N–H and O–H groups in total. The number of nitro benzene ring substituents is 1. The summed E-state index contributed by atoms with van der Waals surface area (Å²) >= 11 is 0. The average Bonchev–Trinajstić information content (AvgIpc) is 2.31. The second-order valence-electron chi connectivity index (χ2n) is 4.10. The molecule has 1 rings (SSSR count). The SMILES string of the molecule is CCCC(C)C(=O)Nc1ccc(F)c([N+](=O)[O-])c1. The zero-order chi connectivity index (χ0) is 13.7. The molecule has 1 unspecified atom stereocenters. The molecule has 0 bridgehead atoms. The quantitative estimate of drug-likeness (QED) is 0.648. The summed E-state index contributed by atoms with van der Waals surface area (Å²) in [7, 11) is 0. The molecule has 0 aliphatic rings. The van der Waals surface area contributed by atoms with Crippen LogP contribution in [0.15, 0.2) is 18.2 Å². The normalized spacial score (nSPS) is 11.9. The van der Waals surface area contributed by atoms with E-state index in [0.29, 0.717) is 0 Å². The highest BCUT2D eigenvalue weighted by molar-refractivity contribution is 5.92. The van der Waals surface area contributed by atoms with Crippen molar-refractivity contribution in [3.05, 3.63) is 34.1 Å². The minimum atomic E-state index is -0.917. The first-order chi connectivity index (χ1) is 8.45. The molecule has 1 amide bonds. The molecule has 98 valence electrons. The second-order valence-corrected chi connectivity index (χ2v) is 4.10. The van der Waals surface area contributed by atoms with E-state index in [4.69, 9.17) is 0 Å². The third-order valence-corrected chi connectivity index (χ3v) is 2.58. The molecule has 1 aromatic carbocycles. The Kier molecular flexibility index (Phi) is 4.76. The molecule has 0 aromatic heterocycles. The fraction of sp³-hybridized carbons (Fsp3) is 0.417. The van der Waals surface area contributed by atoms with Gasteiger partial charge in [-0.2, -0.15) is 4.39 Å². The fourth-order valence-corrected chi connectivity index (χ4v) is 1.56. The molecule has 0 aliphatic carbocycles. The van der Waals surface area contributed by atoms with E-state index in [-0.39, 0.29) is 17.5 Å². The van der Waals surface area contributed by atoms with Gasteiger partial charge in [0.2, 0.25) is 11.7 Å². The first kappa shape index (κ1) is 14.1. The predicted octanol–water partition coefficient (Wildman–Crippen LogP) is 3.11. The Labute approximate surface area is 104 Å². The van der Waals surface area contributed by atoms with Gasteiger partial charge >= 0.3 is 5.69 Å². The van der Waals surface area contributed by atoms with Crippen LogP contribution in [0.1, 0.15) is 26.7 Å². The Balaban J connectivity index is 2.82. The Morgan fingerprint density at radius 2 is 2.22 bits per heavy atom. The molecule has 5 nitrogen and oxygen atoms in total. The zero-order valence-corrected chi connectivity index (χ0v) is 10.3. The molecule has 0 aliphatic heterocycles. The van der Waals surface area contributed by atoms with Gasteiger partial charge in [0, 0.05) is 17.7 Å². The summed E-state index contributed by atoms with van der Waals surface area (Å²) < 4.78 is 13.1. The number of amides is 1. The highest BCUT2D eigenvalue weighted by atomic mass is 19.1. The third kappa shape index (κ3) is 3.51. The van der Waals surface area contributed by atoms with Crippen molar-refractivity contribution in [1.82, 2.24) is 0 Å². The Hall–Kier alpha value is -1.98. The topological polar surface area (TPSA) is 72.2 Å². The fourth-order valence-electron chi connectivity index (χ4n) is 1.56. The maximum Gasteiger partial charge on any atom is 0.306 e. The maximum absolute atomic E-state index is 13.1. The van der Waals surface area contributed by atoms with E-state index >= 15 is 0 Å². The second kappa shape index (κ2) is 6.09. The largest absolute Gasteiger partial charge is 0.326 e. The van der Waals surface area contributed by atoms with Crippen molar-refractivity contribution in [3.8, 4) is 0 Å². The van der Waals surface area contributed by atoms with Gasteiger partial charge in [0.15, 0.2) is 0 Å². The van der Waals surface area contributed by atoms with Crippen LogP contribution in [0.25, 0.3) is 0 Å². The van der Waals surface area contributed by atoms with E-state index in [1.165, 1.54) is 6.07 Å². The van der Waals surface area contributed by atoms with Gasteiger partial charge in [0.1, 0.15) is 0 Å². The number of hydrogen-bond acceptors (Lipinski definition) is 3. The predicted molar refractivity (Wildman–Crippen MR) is 65.8 cm³/mol. The summed E-state index contributed by atoms with van der Waals surface area (Å²) in [6, 6.07) is 3.29. The van der Waals surface area contributed by atoms with Gasteiger partial charge in [-0.1, -0.05) is 20.3 Å². The van der Waals surface area contributed by atoms with Gasteiger partial charge in [-0.15, -0.1) is 0 Å². The number of hydrogen-bond donors (Lipinski definition) is 1. The number of rotatable bonds is 5. The Bertz CT molecular complexity index is 463. The van der Waals surface area contributed by atoms with Crippen molar-refractivity contribution in [3.63, 3.8) is 0 Å². The Morgan fingerprint density at radius 3 is 2.78 bits per heavy atom. The number of nitrogens with zero attached hydrogens (tertiary/aromatic N) is 1. The Morgan fingerprint density at radius 1 is 1.56 bits per heavy atom. The molecule has 0 fully saturated rings. The molecule has 0 saturated heterocycles. The lowest BCUT2D eigenvalue weighted by molar-refractivity contribution is -0.387. The van der Waals surface area contributed by atoms with Crippen LogP contribution in [0.3, 0.4) is 0 Å². The lowest BCUT2D eigenvalue weighted by Gasteiger charge is -2.10.